The van der Waals surface area contributed by atoms with Crippen molar-refractivity contribution in [1.82, 2.24) is 29.3 Å². The average molecular weight is 549 g/mol. The van der Waals surface area contributed by atoms with Gasteiger partial charge in [-0.05, 0) is 51.7 Å². The first-order valence-electron chi connectivity index (χ1n) is 14.0. The first-order valence-corrected chi connectivity index (χ1v) is 14.0. The van der Waals surface area contributed by atoms with E-state index in [1.807, 2.05) is 50.7 Å². The van der Waals surface area contributed by atoms with Gasteiger partial charge in [-0.3, -0.25) is 4.79 Å². The Bertz CT molecular complexity index is 1380. The average Bonchev–Trinajstić information content (AvgIpc) is 3.54. The highest BCUT2D eigenvalue weighted by Crippen LogP contribution is 2.40. The standard InChI is InChI=1S/C29H40N8O3/c1-29(2,3)40-28(39)37-15-13-36(14-16-37)20-11-12-22(30-17-20)32-27-31-18-21-24(33-27)23(19-9-7-8-10-19)25(35(21)6)26(38)34(4)5/h11-12,17-19H,7-10,13-16H2,1-6H3,(H,30,31,32,33). The Kier molecular flexibility index (Phi) is 7.57. The van der Waals surface area contributed by atoms with Gasteiger partial charge in [-0.1, -0.05) is 12.8 Å². The largest absolute Gasteiger partial charge is 0.444 e. The highest BCUT2D eigenvalue weighted by Gasteiger charge is 2.31. The molecule has 5 rings (SSSR count). The second-order valence-electron chi connectivity index (χ2n) is 11.9. The summed E-state index contributed by atoms with van der Waals surface area (Å²) in [7, 11) is 5.49. The third kappa shape index (κ3) is 5.68. The Morgan fingerprint density at radius 2 is 1.73 bits per heavy atom. The number of aryl methyl sites for hydroxylation is 1. The zero-order valence-electron chi connectivity index (χ0n) is 24.4. The molecule has 1 aliphatic heterocycles. The molecule has 2 amide bonds. The van der Waals surface area contributed by atoms with Crippen molar-refractivity contribution >= 4 is 40.5 Å². The lowest BCUT2D eigenvalue weighted by molar-refractivity contribution is 0.0240. The molecule has 0 bridgehead atoms. The third-order valence-electron chi connectivity index (χ3n) is 7.63. The van der Waals surface area contributed by atoms with Gasteiger partial charge in [0.25, 0.3) is 5.91 Å². The quantitative estimate of drug-likeness (QED) is 0.496. The number of anilines is 3. The summed E-state index contributed by atoms with van der Waals surface area (Å²) in [6.45, 7) is 8.25. The van der Waals surface area contributed by atoms with E-state index in [1.165, 1.54) is 12.8 Å². The predicted molar refractivity (Wildman–Crippen MR) is 155 cm³/mol. The van der Waals surface area contributed by atoms with E-state index in [-0.39, 0.29) is 12.0 Å². The second-order valence-corrected chi connectivity index (χ2v) is 11.9. The van der Waals surface area contributed by atoms with E-state index in [0.29, 0.717) is 49.6 Å². The van der Waals surface area contributed by atoms with E-state index >= 15 is 0 Å². The maximum atomic E-state index is 13.2. The number of fused-ring (bicyclic) bond motifs is 1. The van der Waals surface area contributed by atoms with E-state index in [4.69, 9.17) is 9.72 Å². The summed E-state index contributed by atoms with van der Waals surface area (Å²) >= 11 is 0. The van der Waals surface area contributed by atoms with E-state index < -0.39 is 5.60 Å². The number of aromatic nitrogens is 4. The fraction of sp³-hybridized carbons (Fsp3) is 0.552. The maximum absolute atomic E-state index is 13.2. The molecule has 214 valence electrons. The normalized spacial score (nSPS) is 16.4. The van der Waals surface area contributed by atoms with Gasteiger partial charge in [-0.2, -0.15) is 0 Å². The molecule has 1 aliphatic carbocycles. The molecule has 1 saturated carbocycles. The molecule has 1 N–H and O–H groups in total. The second kappa shape index (κ2) is 10.9. The van der Waals surface area contributed by atoms with E-state index in [2.05, 4.69) is 20.2 Å². The summed E-state index contributed by atoms with van der Waals surface area (Å²) in [6, 6.07) is 3.92. The number of amides is 2. The summed E-state index contributed by atoms with van der Waals surface area (Å²) in [4.78, 5) is 45.1. The van der Waals surface area contributed by atoms with E-state index in [9.17, 15) is 9.59 Å². The molecule has 11 heteroatoms. The van der Waals surface area contributed by atoms with Crippen LogP contribution < -0.4 is 10.2 Å². The SMILES string of the molecule is CN(C)C(=O)c1c(C2CCCC2)c2nc(Nc3ccc(N4CCN(C(=O)OC(C)(C)C)CC4)cn3)ncc2n1C. The molecule has 4 heterocycles. The molecule has 3 aromatic heterocycles. The van der Waals surface area contributed by atoms with Gasteiger partial charge in [0.15, 0.2) is 0 Å². The molecule has 0 aromatic carbocycles. The van der Waals surface area contributed by atoms with Crippen LogP contribution in [0.4, 0.5) is 22.2 Å². The number of nitrogens with zero attached hydrogens (tertiary/aromatic N) is 7. The summed E-state index contributed by atoms with van der Waals surface area (Å²) in [5, 5.41) is 3.24. The summed E-state index contributed by atoms with van der Waals surface area (Å²) in [5.41, 5.74) is 3.91. The molecule has 0 spiro atoms. The van der Waals surface area contributed by atoms with Crippen LogP contribution in [-0.4, -0.2) is 87.2 Å². The number of nitrogens with one attached hydrogen (secondary N) is 1. The van der Waals surface area contributed by atoms with Gasteiger partial charge in [0, 0.05) is 52.9 Å². The molecule has 0 radical (unpaired) electrons. The van der Waals surface area contributed by atoms with Gasteiger partial charge in [0.05, 0.1) is 29.1 Å². The number of rotatable bonds is 5. The molecule has 0 unspecified atom stereocenters. The van der Waals surface area contributed by atoms with Gasteiger partial charge < -0.3 is 29.3 Å². The number of hydrogen-bond donors (Lipinski definition) is 1. The van der Waals surface area contributed by atoms with Crippen LogP contribution in [0, 0.1) is 0 Å². The van der Waals surface area contributed by atoms with E-state index in [0.717, 1.165) is 35.1 Å². The first-order chi connectivity index (χ1) is 19.0. The van der Waals surface area contributed by atoms with Crippen molar-refractivity contribution in [1.29, 1.82) is 0 Å². The Labute approximate surface area is 235 Å². The Morgan fingerprint density at radius 1 is 1.02 bits per heavy atom. The van der Waals surface area contributed by atoms with E-state index in [1.54, 1.807) is 30.1 Å². The fourth-order valence-corrected chi connectivity index (χ4v) is 5.60. The smallest absolute Gasteiger partial charge is 0.410 e. The van der Waals surface area contributed by atoms with Crippen LogP contribution in [0.2, 0.25) is 0 Å². The lowest BCUT2D eigenvalue weighted by Gasteiger charge is -2.36. The van der Waals surface area contributed by atoms with Crippen LogP contribution in [0.1, 0.15) is 68.4 Å². The van der Waals surface area contributed by atoms with Crippen LogP contribution in [0.5, 0.6) is 0 Å². The minimum absolute atomic E-state index is 0.0129. The highest BCUT2D eigenvalue weighted by atomic mass is 16.6. The molecule has 3 aromatic rings. The van der Waals surface area contributed by atoms with Crippen LogP contribution in [0.3, 0.4) is 0 Å². The van der Waals surface area contributed by atoms with Crippen molar-refractivity contribution in [3.05, 3.63) is 35.8 Å². The molecule has 1 saturated heterocycles. The topological polar surface area (TPSA) is 109 Å². The molecular weight excluding hydrogens is 508 g/mol. The van der Waals surface area contributed by atoms with Gasteiger partial charge in [-0.15, -0.1) is 0 Å². The molecule has 11 nitrogen and oxygen atoms in total. The first kappa shape index (κ1) is 27.7. The molecule has 0 atom stereocenters. The van der Waals surface area contributed by atoms with Crippen molar-refractivity contribution in [2.75, 3.05) is 50.5 Å². The number of ether oxygens (including phenoxy) is 1. The van der Waals surface area contributed by atoms with Gasteiger partial charge >= 0.3 is 6.09 Å². The maximum Gasteiger partial charge on any atom is 0.410 e. The highest BCUT2D eigenvalue weighted by molar-refractivity contribution is 6.01. The Hall–Kier alpha value is -3.89. The number of hydrogen-bond acceptors (Lipinski definition) is 8. The third-order valence-corrected chi connectivity index (χ3v) is 7.63. The van der Waals surface area contributed by atoms with Gasteiger partial charge in [0.1, 0.15) is 17.1 Å². The molecular formula is C29H40N8O3. The van der Waals surface area contributed by atoms with Crippen LogP contribution >= 0.6 is 0 Å². The monoisotopic (exact) mass is 548 g/mol. The summed E-state index contributed by atoms with van der Waals surface area (Å²) in [6.07, 6.45) is 7.80. The van der Waals surface area contributed by atoms with Crippen molar-refractivity contribution in [3.63, 3.8) is 0 Å². The molecule has 2 fully saturated rings. The number of pyridine rings is 1. The predicted octanol–water partition coefficient (Wildman–Crippen LogP) is 4.52. The number of piperazine rings is 1. The lowest BCUT2D eigenvalue weighted by atomic mass is 9.96. The van der Waals surface area contributed by atoms with Crippen LogP contribution in [0.15, 0.2) is 24.5 Å². The van der Waals surface area contributed by atoms with Crippen molar-refractivity contribution in [2.45, 2.75) is 58.0 Å². The zero-order chi connectivity index (χ0) is 28.6. The summed E-state index contributed by atoms with van der Waals surface area (Å²) in [5.74, 6) is 1.39. The summed E-state index contributed by atoms with van der Waals surface area (Å²) < 4.78 is 7.43. The minimum Gasteiger partial charge on any atom is -0.444 e. The van der Waals surface area contributed by atoms with Gasteiger partial charge in [0.2, 0.25) is 5.95 Å². The Balaban J connectivity index is 1.31. The van der Waals surface area contributed by atoms with Crippen LogP contribution in [0.25, 0.3) is 11.0 Å². The minimum atomic E-state index is -0.500. The zero-order valence-corrected chi connectivity index (χ0v) is 24.4. The number of carbonyl (C=O) groups excluding carboxylic acids is 2. The van der Waals surface area contributed by atoms with Crippen molar-refractivity contribution in [3.8, 4) is 0 Å². The fourth-order valence-electron chi connectivity index (χ4n) is 5.60. The Morgan fingerprint density at radius 3 is 2.33 bits per heavy atom. The molecule has 40 heavy (non-hydrogen) atoms. The van der Waals surface area contributed by atoms with Crippen molar-refractivity contribution in [2.24, 2.45) is 7.05 Å². The van der Waals surface area contributed by atoms with Crippen molar-refractivity contribution < 1.29 is 14.3 Å². The van der Waals surface area contributed by atoms with Gasteiger partial charge in [-0.25, -0.2) is 19.7 Å². The number of carbonyl (C=O) groups is 2. The van der Waals surface area contributed by atoms with Crippen LogP contribution in [-0.2, 0) is 11.8 Å². The lowest BCUT2D eigenvalue weighted by Crippen LogP contribution is -2.50. The molecule has 2 aliphatic rings.